The van der Waals surface area contributed by atoms with Crippen molar-refractivity contribution in [2.45, 2.75) is 32.6 Å². The molecular weight excluding hydrogens is 240 g/mol. The number of ether oxygens (including phenoxy) is 1. The molecule has 0 spiro atoms. The quantitative estimate of drug-likeness (QED) is 0.611. The predicted octanol–water partition coefficient (Wildman–Crippen LogP) is 3.05. The first-order valence-electron chi connectivity index (χ1n) is 7.02. The summed E-state index contributed by atoms with van der Waals surface area (Å²) in [5.41, 5.74) is 7.78. The normalized spacial score (nSPS) is 14.8. The van der Waals surface area contributed by atoms with E-state index in [1.807, 2.05) is 0 Å². The summed E-state index contributed by atoms with van der Waals surface area (Å²) in [6, 6.07) is 5.33. The fourth-order valence-electron chi connectivity index (χ4n) is 2.33. The zero-order valence-electron chi connectivity index (χ0n) is 11.4. The topological polar surface area (TPSA) is 64.3 Å². The second kappa shape index (κ2) is 6.45. The number of esters is 1. The molecule has 1 aliphatic rings. The number of nitrogens with two attached hydrogens (primary N) is 1. The number of benzene rings is 1. The van der Waals surface area contributed by atoms with Crippen molar-refractivity contribution in [1.29, 1.82) is 0 Å². The van der Waals surface area contributed by atoms with Gasteiger partial charge in [0, 0.05) is 6.54 Å². The third kappa shape index (κ3) is 3.40. The van der Waals surface area contributed by atoms with Crippen LogP contribution in [0.1, 0.15) is 43.0 Å². The largest absolute Gasteiger partial charge is 0.462 e. The molecule has 104 valence electrons. The summed E-state index contributed by atoms with van der Waals surface area (Å²) in [7, 11) is 0. The molecular formula is C15H22N2O2. The van der Waals surface area contributed by atoms with Gasteiger partial charge >= 0.3 is 5.97 Å². The van der Waals surface area contributed by atoms with E-state index in [4.69, 9.17) is 10.5 Å². The first kappa shape index (κ1) is 13.7. The third-order valence-corrected chi connectivity index (χ3v) is 3.67. The predicted molar refractivity (Wildman–Crippen MR) is 77.3 cm³/mol. The van der Waals surface area contributed by atoms with Crippen LogP contribution in [-0.2, 0) is 4.74 Å². The van der Waals surface area contributed by atoms with Crippen molar-refractivity contribution in [3.63, 3.8) is 0 Å². The van der Waals surface area contributed by atoms with E-state index in [2.05, 4.69) is 5.32 Å². The van der Waals surface area contributed by atoms with Crippen LogP contribution in [0.4, 0.5) is 11.4 Å². The molecule has 1 aromatic carbocycles. The van der Waals surface area contributed by atoms with Crippen LogP contribution in [-0.4, -0.2) is 19.1 Å². The third-order valence-electron chi connectivity index (χ3n) is 3.67. The number of anilines is 2. The first-order chi connectivity index (χ1) is 9.22. The summed E-state index contributed by atoms with van der Waals surface area (Å²) in [5.74, 6) is 0.518. The minimum absolute atomic E-state index is 0.319. The number of carbonyl (C=O) groups is 1. The van der Waals surface area contributed by atoms with E-state index in [-0.39, 0.29) is 5.97 Å². The van der Waals surface area contributed by atoms with Crippen molar-refractivity contribution >= 4 is 17.3 Å². The first-order valence-corrected chi connectivity index (χ1v) is 7.02. The van der Waals surface area contributed by atoms with E-state index < -0.39 is 0 Å². The molecule has 4 heteroatoms. The molecule has 3 N–H and O–H groups in total. The number of nitrogen functional groups attached to an aromatic ring is 1. The molecule has 0 aliphatic heterocycles. The Bertz CT molecular complexity index is 442. The molecule has 0 atom stereocenters. The van der Waals surface area contributed by atoms with Gasteiger partial charge in [-0.1, -0.05) is 25.3 Å². The Kier molecular flexibility index (Phi) is 4.66. The minimum atomic E-state index is -0.319. The fraction of sp³-hybridized carbons (Fsp3) is 0.533. The zero-order valence-corrected chi connectivity index (χ0v) is 11.4. The van der Waals surface area contributed by atoms with Gasteiger partial charge in [0.2, 0.25) is 0 Å². The lowest BCUT2D eigenvalue weighted by atomic mass is 9.83. The maximum atomic E-state index is 11.9. The lowest BCUT2D eigenvalue weighted by molar-refractivity contribution is 0.0527. The highest BCUT2D eigenvalue weighted by molar-refractivity contribution is 5.98. The van der Waals surface area contributed by atoms with Crippen LogP contribution in [0.25, 0.3) is 0 Å². The van der Waals surface area contributed by atoms with Gasteiger partial charge in [0.05, 0.1) is 23.5 Å². The van der Waals surface area contributed by atoms with Crippen LogP contribution in [0.5, 0.6) is 0 Å². The molecule has 0 saturated heterocycles. The molecule has 19 heavy (non-hydrogen) atoms. The van der Waals surface area contributed by atoms with E-state index in [0.717, 1.165) is 18.9 Å². The number of para-hydroxylation sites is 1. The zero-order chi connectivity index (χ0) is 13.7. The lowest BCUT2D eigenvalue weighted by Gasteiger charge is -2.25. The molecule has 4 nitrogen and oxygen atoms in total. The summed E-state index contributed by atoms with van der Waals surface area (Å²) in [4.78, 5) is 11.9. The molecule has 1 saturated carbocycles. The maximum Gasteiger partial charge on any atom is 0.340 e. The van der Waals surface area contributed by atoms with Crippen LogP contribution in [0, 0.1) is 5.92 Å². The summed E-state index contributed by atoms with van der Waals surface area (Å²) in [6.07, 6.45) is 5.15. The molecule has 0 radical (unpaired) electrons. The number of hydrogen-bond donors (Lipinski definition) is 2. The molecule has 1 aromatic rings. The maximum absolute atomic E-state index is 11.9. The Balaban J connectivity index is 2.01. The molecule has 0 unspecified atom stereocenters. The van der Waals surface area contributed by atoms with Crippen LogP contribution in [0.2, 0.25) is 0 Å². The van der Waals surface area contributed by atoms with Crippen molar-refractivity contribution in [2.75, 3.05) is 24.2 Å². The van der Waals surface area contributed by atoms with Crippen LogP contribution in [0.15, 0.2) is 18.2 Å². The van der Waals surface area contributed by atoms with Crippen molar-refractivity contribution in [3.05, 3.63) is 23.8 Å². The van der Waals surface area contributed by atoms with Gasteiger partial charge in [-0.25, -0.2) is 4.79 Å². The molecule has 1 aliphatic carbocycles. The summed E-state index contributed by atoms with van der Waals surface area (Å²) in [5, 5.41) is 3.29. The van der Waals surface area contributed by atoms with Crippen molar-refractivity contribution in [1.82, 2.24) is 0 Å². The highest BCUT2D eigenvalue weighted by atomic mass is 16.5. The second-order valence-corrected chi connectivity index (χ2v) is 5.00. The average Bonchev–Trinajstić information content (AvgIpc) is 2.34. The van der Waals surface area contributed by atoms with Gasteiger partial charge in [0.25, 0.3) is 0 Å². The summed E-state index contributed by atoms with van der Waals surface area (Å²) in [6.45, 7) is 3.02. The lowest BCUT2D eigenvalue weighted by Crippen LogP contribution is -2.17. The molecule has 2 rings (SSSR count). The summed E-state index contributed by atoms with van der Waals surface area (Å²) < 4.78 is 5.05. The van der Waals surface area contributed by atoms with Crippen LogP contribution >= 0.6 is 0 Å². The Hall–Kier alpha value is -1.71. The standard InChI is InChI=1S/C15H22N2O2/c1-2-19-15(18)12-7-4-8-13(16)14(12)17-10-9-11-5-3-6-11/h4,7-8,11,17H,2-3,5-6,9-10,16H2,1H3. The van der Waals surface area contributed by atoms with Gasteiger partial charge in [0.15, 0.2) is 0 Å². The molecule has 0 bridgehead atoms. The van der Waals surface area contributed by atoms with Crippen LogP contribution in [0.3, 0.4) is 0 Å². The van der Waals surface area contributed by atoms with E-state index in [1.54, 1.807) is 25.1 Å². The van der Waals surface area contributed by atoms with Gasteiger partial charge in [-0.3, -0.25) is 0 Å². The van der Waals surface area contributed by atoms with Crippen LogP contribution < -0.4 is 11.1 Å². The Labute approximate surface area is 114 Å². The Morgan fingerprint density at radius 1 is 1.47 bits per heavy atom. The number of hydrogen-bond acceptors (Lipinski definition) is 4. The van der Waals surface area contributed by atoms with Crippen molar-refractivity contribution in [2.24, 2.45) is 5.92 Å². The second-order valence-electron chi connectivity index (χ2n) is 5.00. The number of carbonyl (C=O) groups excluding carboxylic acids is 1. The van der Waals surface area contributed by atoms with E-state index in [9.17, 15) is 4.79 Å². The van der Waals surface area contributed by atoms with Gasteiger partial charge in [-0.05, 0) is 31.4 Å². The SMILES string of the molecule is CCOC(=O)c1cccc(N)c1NCCC1CCC1. The Morgan fingerprint density at radius 3 is 2.89 bits per heavy atom. The molecule has 0 aromatic heterocycles. The number of nitrogens with one attached hydrogen (secondary N) is 1. The Morgan fingerprint density at radius 2 is 2.26 bits per heavy atom. The van der Waals surface area contributed by atoms with Gasteiger partial charge in [-0.2, -0.15) is 0 Å². The molecule has 0 heterocycles. The number of rotatable bonds is 6. The average molecular weight is 262 g/mol. The van der Waals surface area contributed by atoms with Gasteiger partial charge in [0.1, 0.15) is 0 Å². The molecule has 0 amide bonds. The van der Waals surface area contributed by atoms with E-state index in [1.165, 1.54) is 19.3 Å². The highest BCUT2D eigenvalue weighted by Gasteiger charge is 2.18. The fourth-order valence-corrected chi connectivity index (χ4v) is 2.33. The summed E-state index contributed by atoms with van der Waals surface area (Å²) >= 11 is 0. The monoisotopic (exact) mass is 262 g/mol. The highest BCUT2D eigenvalue weighted by Crippen LogP contribution is 2.30. The van der Waals surface area contributed by atoms with E-state index in [0.29, 0.717) is 23.5 Å². The molecule has 1 fully saturated rings. The van der Waals surface area contributed by atoms with E-state index >= 15 is 0 Å². The van der Waals surface area contributed by atoms with Gasteiger partial charge in [-0.15, -0.1) is 0 Å². The van der Waals surface area contributed by atoms with Gasteiger partial charge < -0.3 is 15.8 Å². The van der Waals surface area contributed by atoms with Crippen molar-refractivity contribution < 1.29 is 9.53 Å². The smallest absolute Gasteiger partial charge is 0.340 e. The minimum Gasteiger partial charge on any atom is -0.462 e. The van der Waals surface area contributed by atoms with Crippen molar-refractivity contribution in [3.8, 4) is 0 Å².